The van der Waals surface area contributed by atoms with E-state index in [1.165, 1.54) is 6.42 Å². The van der Waals surface area contributed by atoms with Crippen molar-refractivity contribution in [2.75, 3.05) is 0 Å². The molecule has 0 aromatic carbocycles. The molecule has 24 heavy (non-hydrogen) atoms. The summed E-state index contributed by atoms with van der Waals surface area (Å²) in [4.78, 5) is 15.3. The minimum absolute atomic E-state index is 0.00129. The van der Waals surface area contributed by atoms with Gasteiger partial charge in [-0.2, -0.15) is 5.26 Å². The lowest BCUT2D eigenvalue weighted by molar-refractivity contribution is -0.178. The first-order valence-corrected chi connectivity index (χ1v) is 9.55. The standard InChI is InChI=1S/C19H25N3O2/c20-7-13-6-17-9-19(17,10-17)22(13)15(23)14(21)16-2-11-1-12(3-16)5-18(24,4-11)8-16/h11-14,24H,1-6,8-10,21H2/t11?,12?,13-,14?,16?,17?,18?,19?/m0/s1. The van der Waals surface area contributed by atoms with Crippen LogP contribution in [0.4, 0.5) is 0 Å². The average Bonchev–Trinajstić information content (AvgIpc) is 3.25. The van der Waals surface area contributed by atoms with Gasteiger partial charge >= 0.3 is 0 Å². The molecule has 1 saturated heterocycles. The smallest absolute Gasteiger partial charge is 0.241 e. The Kier molecular flexibility index (Phi) is 2.16. The summed E-state index contributed by atoms with van der Waals surface area (Å²) in [5.41, 5.74) is 6.07. The van der Waals surface area contributed by atoms with E-state index in [2.05, 4.69) is 6.07 Å². The maximum atomic E-state index is 13.4. The highest BCUT2D eigenvalue weighted by atomic mass is 16.3. The second-order valence-corrected chi connectivity index (χ2v) is 10.2. The van der Waals surface area contributed by atoms with Crippen LogP contribution >= 0.6 is 0 Å². The molecule has 0 radical (unpaired) electrons. The Morgan fingerprint density at radius 3 is 2.42 bits per heavy atom. The van der Waals surface area contributed by atoms with Crippen LogP contribution in [0.3, 0.4) is 0 Å². The number of hydrogen-bond donors (Lipinski definition) is 2. The summed E-state index contributed by atoms with van der Waals surface area (Å²) in [5, 5.41) is 20.4. The van der Waals surface area contributed by atoms with E-state index in [1.807, 2.05) is 4.90 Å². The van der Waals surface area contributed by atoms with E-state index < -0.39 is 11.6 Å². The monoisotopic (exact) mass is 327 g/mol. The lowest BCUT2D eigenvalue weighted by atomic mass is 9.46. The van der Waals surface area contributed by atoms with Gasteiger partial charge in [0, 0.05) is 5.41 Å². The van der Waals surface area contributed by atoms with Crippen LogP contribution < -0.4 is 5.73 Å². The van der Waals surface area contributed by atoms with E-state index in [-0.39, 0.29) is 28.3 Å². The van der Waals surface area contributed by atoms with Gasteiger partial charge < -0.3 is 15.7 Å². The Balaban J connectivity index is 1.33. The van der Waals surface area contributed by atoms with E-state index >= 15 is 0 Å². The van der Waals surface area contributed by atoms with Crippen molar-refractivity contribution in [1.82, 2.24) is 4.90 Å². The Morgan fingerprint density at radius 1 is 1.17 bits per heavy atom. The minimum Gasteiger partial charge on any atom is -0.390 e. The van der Waals surface area contributed by atoms with Crippen LogP contribution in [-0.2, 0) is 4.79 Å². The summed E-state index contributed by atoms with van der Waals surface area (Å²) >= 11 is 0. The van der Waals surface area contributed by atoms with Crippen LogP contribution in [0, 0.1) is 34.0 Å². The molecule has 6 saturated carbocycles. The van der Waals surface area contributed by atoms with Crippen molar-refractivity contribution in [3.05, 3.63) is 0 Å². The topological polar surface area (TPSA) is 90.4 Å². The molecule has 1 heterocycles. The van der Waals surface area contributed by atoms with Crippen molar-refractivity contribution in [2.45, 2.75) is 81.0 Å². The zero-order valence-corrected chi connectivity index (χ0v) is 14.0. The molecule has 0 spiro atoms. The first kappa shape index (κ1) is 14.1. The van der Waals surface area contributed by atoms with Crippen LogP contribution in [0.25, 0.3) is 0 Å². The zero-order valence-electron chi connectivity index (χ0n) is 14.0. The van der Waals surface area contributed by atoms with E-state index in [0.29, 0.717) is 18.3 Å². The van der Waals surface area contributed by atoms with Gasteiger partial charge in [0.15, 0.2) is 0 Å². The molecule has 6 aliphatic carbocycles. The van der Waals surface area contributed by atoms with E-state index in [9.17, 15) is 15.2 Å². The maximum Gasteiger partial charge on any atom is 0.241 e. The molecule has 7 rings (SSSR count). The Bertz CT molecular complexity index is 690. The van der Waals surface area contributed by atoms with Gasteiger partial charge in [0.25, 0.3) is 0 Å². The predicted octanol–water partition coefficient (Wildman–Crippen LogP) is 1.30. The number of amides is 1. The Morgan fingerprint density at radius 2 is 1.83 bits per heavy atom. The molecule has 0 aromatic rings. The second-order valence-electron chi connectivity index (χ2n) is 10.2. The number of hydrogen-bond acceptors (Lipinski definition) is 4. The van der Waals surface area contributed by atoms with Crippen molar-refractivity contribution in [1.29, 1.82) is 5.26 Å². The molecule has 3 N–H and O–H groups in total. The van der Waals surface area contributed by atoms with E-state index in [1.54, 1.807) is 0 Å². The number of nitrogens with two attached hydrogens (primary N) is 1. The number of nitrogens with zero attached hydrogens (tertiary/aromatic N) is 2. The summed E-state index contributed by atoms with van der Waals surface area (Å²) in [6, 6.07) is 1.52. The number of nitriles is 1. The molecular weight excluding hydrogens is 302 g/mol. The molecule has 3 unspecified atom stereocenters. The van der Waals surface area contributed by atoms with Gasteiger partial charge in [0.2, 0.25) is 5.91 Å². The van der Waals surface area contributed by atoms with Crippen molar-refractivity contribution in [2.24, 2.45) is 28.4 Å². The predicted molar refractivity (Wildman–Crippen MR) is 85.3 cm³/mol. The van der Waals surface area contributed by atoms with Crippen LogP contribution in [0.2, 0.25) is 0 Å². The Labute approximate surface area is 142 Å². The van der Waals surface area contributed by atoms with Crippen LogP contribution in [-0.4, -0.2) is 39.1 Å². The van der Waals surface area contributed by atoms with Crippen LogP contribution in [0.5, 0.6) is 0 Å². The fourth-order valence-corrected chi connectivity index (χ4v) is 8.03. The van der Waals surface area contributed by atoms with Gasteiger partial charge in [-0.05, 0) is 75.0 Å². The minimum atomic E-state index is -0.594. The van der Waals surface area contributed by atoms with E-state index in [0.717, 1.165) is 44.9 Å². The average molecular weight is 327 g/mol. The summed E-state index contributed by atoms with van der Waals surface area (Å²) in [6.45, 7) is 0. The fourth-order valence-electron chi connectivity index (χ4n) is 8.03. The van der Waals surface area contributed by atoms with Crippen molar-refractivity contribution < 1.29 is 9.90 Å². The van der Waals surface area contributed by atoms with Crippen molar-refractivity contribution in [3.63, 3.8) is 0 Å². The number of piperidine rings is 2. The molecule has 5 nitrogen and oxygen atoms in total. The molecule has 0 aromatic heterocycles. The largest absolute Gasteiger partial charge is 0.390 e. The van der Waals surface area contributed by atoms with Gasteiger partial charge in [-0.25, -0.2) is 0 Å². The third-order valence-corrected chi connectivity index (χ3v) is 8.74. The van der Waals surface area contributed by atoms with Gasteiger partial charge in [0.1, 0.15) is 6.04 Å². The first-order chi connectivity index (χ1) is 11.3. The normalized spacial score (nSPS) is 59.5. The molecule has 5 heteroatoms. The molecule has 1 aliphatic heterocycles. The number of likely N-dealkylation sites (tertiary alicyclic amines) is 1. The number of carbonyl (C=O) groups excluding carboxylic acids is 1. The number of carbonyl (C=O) groups is 1. The molecular formula is C19H25N3O2. The van der Waals surface area contributed by atoms with Gasteiger partial charge in [-0.1, -0.05) is 0 Å². The SMILES string of the molecule is N#C[C@@H]1CC23CC2(C3)N1C(=O)C(N)C12CC3CC(CC(O)(C3)C1)C2. The van der Waals surface area contributed by atoms with Gasteiger partial charge in [-0.15, -0.1) is 0 Å². The molecule has 4 atom stereocenters. The highest BCUT2D eigenvalue weighted by Crippen LogP contribution is 2.87. The molecule has 4 bridgehead atoms. The highest BCUT2D eigenvalue weighted by Gasteiger charge is 2.91. The summed E-state index contributed by atoms with van der Waals surface area (Å²) in [7, 11) is 0. The quantitative estimate of drug-likeness (QED) is 0.800. The third-order valence-electron chi connectivity index (χ3n) is 8.74. The molecule has 128 valence electrons. The number of aliphatic hydroxyl groups is 1. The van der Waals surface area contributed by atoms with Crippen molar-refractivity contribution >= 4 is 5.91 Å². The van der Waals surface area contributed by atoms with Crippen LogP contribution in [0.15, 0.2) is 0 Å². The molecule has 7 aliphatic rings. The highest BCUT2D eigenvalue weighted by molar-refractivity contribution is 5.87. The van der Waals surface area contributed by atoms with Gasteiger partial charge in [-0.3, -0.25) is 4.79 Å². The maximum absolute atomic E-state index is 13.4. The van der Waals surface area contributed by atoms with Crippen LogP contribution in [0.1, 0.15) is 57.8 Å². The number of rotatable bonds is 2. The first-order valence-electron chi connectivity index (χ1n) is 9.55. The van der Waals surface area contributed by atoms with Crippen molar-refractivity contribution in [3.8, 4) is 6.07 Å². The fraction of sp³-hybridized carbons (Fsp3) is 0.895. The second kappa shape index (κ2) is 3.68. The zero-order chi connectivity index (χ0) is 16.5. The van der Waals surface area contributed by atoms with E-state index in [4.69, 9.17) is 5.73 Å². The molecule has 1 amide bonds. The lowest BCUT2D eigenvalue weighted by Crippen LogP contribution is -2.65. The third kappa shape index (κ3) is 1.40. The molecule has 7 fully saturated rings. The summed E-state index contributed by atoms with van der Waals surface area (Å²) < 4.78 is 0. The Hall–Kier alpha value is -1.12. The lowest BCUT2D eigenvalue weighted by Gasteiger charge is -2.61. The summed E-state index contributed by atoms with van der Waals surface area (Å²) in [6.07, 6.45) is 8.66. The summed E-state index contributed by atoms with van der Waals surface area (Å²) in [5.74, 6) is 1.06. The van der Waals surface area contributed by atoms with Gasteiger partial charge in [0.05, 0.1) is 23.3 Å².